The SMILES string of the molecule is CCC(CC)C(=O)Nc1sc2c(c1C#N)CCC(N(CCC(C)C)Cc1ccc(Cl)cc1Cl)C2. The van der Waals surface area contributed by atoms with Crippen LogP contribution in [0, 0.1) is 23.2 Å². The van der Waals surface area contributed by atoms with Crippen LogP contribution < -0.4 is 5.32 Å². The first-order valence-electron chi connectivity index (χ1n) is 12.3. The Morgan fingerprint density at radius 3 is 2.65 bits per heavy atom. The van der Waals surface area contributed by atoms with Gasteiger partial charge in [-0.05, 0) is 74.2 Å². The molecule has 1 aliphatic rings. The van der Waals surface area contributed by atoms with Crippen molar-refractivity contribution < 1.29 is 4.79 Å². The molecule has 4 nitrogen and oxygen atoms in total. The molecule has 7 heteroatoms. The minimum absolute atomic E-state index is 0.0194. The van der Waals surface area contributed by atoms with Gasteiger partial charge >= 0.3 is 0 Å². The van der Waals surface area contributed by atoms with E-state index in [0.29, 0.717) is 27.6 Å². The predicted octanol–water partition coefficient (Wildman–Crippen LogP) is 7.71. The summed E-state index contributed by atoms with van der Waals surface area (Å²) in [5, 5.41) is 15.0. The second-order valence-corrected chi connectivity index (χ2v) is 11.6. The monoisotopic (exact) mass is 519 g/mol. The van der Waals surface area contributed by atoms with Gasteiger partial charge in [0.1, 0.15) is 11.1 Å². The molecule has 1 amide bonds. The number of anilines is 1. The Morgan fingerprint density at radius 1 is 1.29 bits per heavy atom. The second-order valence-electron chi connectivity index (χ2n) is 9.61. The van der Waals surface area contributed by atoms with Crippen molar-refractivity contribution in [2.45, 2.75) is 78.8 Å². The van der Waals surface area contributed by atoms with E-state index in [1.54, 1.807) is 11.3 Å². The molecule has 1 N–H and O–H groups in total. The van der Waals surface area contributed by atoms with Gasteiger partial charge in [0.25, 0.3) is 0 Å². The molecule has 1 atom stereocenters. The van der Waals surface area contributed by atoms with E-state index >= 15 is 0 Å². The third-order valence-corrected chi connectivity index (χ3v) is 8.60. The molecule has 0 fully saturated rings. The van der Waals surface area contributed by atoms with Gasteiger partial charge in [-0.2, -0.15) is 5.26 Å². The van der Waals surface area contributed by atoms with E-state index in [4.69, 9.17) is 23.2 Å². The summed E-state index contributed by atoms with van der Waals surface area (Å²) in [4.78, 5) is 16.5. The molecule has 1 unspecified atom stereocenters. The van der Waals surface area contributed by atoms with Crippen LogP contribution in [0.4, 0.5) is 5.00 Å². The fraction of sp³-hybridized carbons (Fsp3) is 0.556. The summed E-state index contributed by atoms with van der Waals surface area (Å²) < 4.78 is 0. The van der Waals surface area contributed by atoms with E-state index in [9.17, 15) is 10.1 Å². The number of hydrogen-bond donors (Lipinski definition) is 1. The van der Waals surface area contributed by atoms with E-state index in [1.165, 1.54) is 4.88 Å². The van der Waals surface area contributed by atoms with Gasteiger partial charge in [0, 0.05) is 33.4 Å². The van der Waals surface area contributed by atoms with Gasteiger partial charge in [-0.3, -0.25) is 9.69 Å². The van der Waals surface area contributed by atoms with Gasteiger partial charge < -0.3 is 5.32 Å². The van der Waals surface area contributed by atoms with Crippen molar-refractivity contribution in [3.8, 4) is 6.07 Å². The van der Waals surface area contributed by atoms with Gasteiger partial charge in [-0.25, -0.2) is 0 Å². The van der Waals surface area contributed by atoms with Crippen LogP contribution in [0.3, 0.4) is 0 Å². The summed E-state index contributed by atoms with van der Waals surface area (Å²) in [7, 11) is 0. The topological polar surface area (TPSA) is 56.1 Å². The van der Waals surface area contributed by atoms with Gasteiger partial charge in [0.2, 0.25) is 5.91 Å². The quantitative estimate of drug-likeness (QED) is 0.349. The van der Waals surface area contributed by atoms with Crippen LogP contribution in [-0.2, 0) is 24.2 Å². The highest BCUT2D eigenvalue weighted by atomic mass is 35.5. The molecule has 0 spiro atoms. The number of rotatable bonds is 10. The van der Waals surface area contributed by atoms with Crippen molar-refractivity contribution >= 4 is 45.4 Å². The van der Waals surface area contributed by atoms with Gasteiger partial charge in [0.05, 0.1) is 5.56 Å². The molecule has 0 saturated carbocycles. The maximum atomic E-state index is 12.7. The lowest BCUT2D eigenvalue weighted by atomic mass is 9.90. The van der Waals surface area contributed by atoms with E-state index in [2.05, 4.69) is 30.1 Å². The predicted molar refractivity (Wildman–Crippen MR) is 144 cm³/mol. The molecule has 184 valence electrons. The molecule has 0 bridgehead atoms. The summed E-state index contributed by atoms with van der Waals surface area (Å²) in [5.74, 6) is 0.614. The first kappa shape index (κ1) is 27.0. The summed E-state index contributed by atoms with van der Waals surface area (Å²) >= 11 is 14.2. The molecule has 0 radical (unpaired) electrons. The fourth-order valence-corrected chi connectivity index (χ4v) is 6.38. The van der Waals surface area contributed by atoms with Crippen LogP contribution in [0.25, 0.3) is 0 Å². The van der Waals surface area contributed by atoms with Crippen LogP contribution in [0.2, 0.25) is 10.0 Å². The normalized spacial score (nSPS) is 15.6. The minimum Gasteiger partial charge on any atom is -0.316 e. The number of benzene rings is 1. The van der Waals surface area contributed by atoms with Crippen molar-refractivity contribution in [1.29, 1.82) is 5.26 Å². The molecule has 2 aromatic rings. The number of carbonyl (C=O) groups is 1. The number of nitrogens with one attached hydrogen (secondary N) is 1. The molecule has 0 aliphatic heterocycles. The lowest BCUT2D eigenvalue weighted by Crippen LogP contribution is -2.39. The zero-order chi connectivity index (χ0) is 24.8. The first-order valence-corrected chi connectivity index (χ1v) is 13.9. The lowest BCUT2D eigenvalue weighted by Gasteiger charge is -2.35. The van der Waals surface area contributed by atoms with Crippen molar-refractivity contribution in [3.05, 3.63) is 49.8 Å². The number of fused-ring (bicyclic) bond motifs is 1. The largest absolute Gasteiger partial charge is 0.316 e. The average molecular weight is 521 g/mol. The smallest absolute Gasteiger partial charge is 0.228 e. The van der Waals surface area contributed by atoms with Crippen LogP contribution in [-0.4, -0.2) is 23.4 Å². The summed E-state index contributed by atoms with van der Waals surface area (Å²) in [6, 6.07) is 8.47. The molecule has 1 aromatic carbocycles. The summed E-state index contributed by atoms with van der Waals surface area (Å²) in [6.07, 6.45) is 5.44. The average Bonchev–Trinajstić information content (AvgIpc) is 3.14. The number of nitriles is 1. The summed E-state index contributed by atoms with van der Waals surface area (Å²) in [6.45, 7) is 10.3. The lowest BCUT2D eigenvalue weighted by molar-refractivity contribution is -0.120. The first-order chi connectivity index (χ1) is 16.3. The van der Waals surface area contributed by atoms with Crippen molar-refractivity contribution in [2.24, 2.45) is 11.8 Å². The zero-order valence-corrected chi connectivity index (χ0v) is 22.9. The number of hydrogen-bond acceptors (Lipinski definition) is 4. The van der Waals surface area contributed by atoms with Gasteiger partial charge in [-0.15, -0.1) is 11.3 Å². The van der Waals surface area contributed by atoms with Crippen molar-refractivity contribution in [1.82, 2.24) is 4.90 Å². The maximum absolute atomic E-state index is 12.7. The van der Waals surface area contributed by atoms with Crippen LogP contribution in [0.15, 0.2) is 18.2 Å². The number of amides is 1. The third-order valence-electron chi connectivity index (χ3n) is 6.84. The highest BCUT2D eigenvalue weighted by Crippen LogP contribution is 2.39. The van der Waals surface area contributed by atoms with Crippen molar-refractivity contribution in [3.63, 3.8) is 0 Å². The highest BCUT2D eigenvalue weighted by molar-refractivity contribution is 7.16. The standard InChI is InChI=1S/C27H35Cl2N3OS/c1-5-18(6-2)26(33)31-27-23(15-30)22-10-9-21(14-25(22)34-27)32(12-11-17(3)4)16-19-7-8-20(28)13-24(19)29/h7-8,13,17-18,21H,5-6,9-12,14,16H2,1-4H3,(H,31,33). The maximum Gasteiger partial charge on any atom is 0.228 e. The Morgan fingerprint density at radius 2 is 2.03 bits per heavy atom. The molecule has 0 saturated heterocycles. The highest BCUT2D eigenvalue weighted by Gasteiger charge is 2.30. The fourth-order valence-electron chi connectivity index (χ4n) is 4.64. The van der Waals surface area contributed by atoms with E-state index in [-0.39, 0.29) is 11.8 Å². The number of thiophene rings is 1. The summed E-state index contributed by atoms with van der Waals surface area (Å²) in [5.41, 5.74) is 2.87. The Bertz CT molecular complexity index is 1040. The van der Waals surface area contributed by atoms with Crippen molar-refractivity contribution in [2.75, 3.05) is 11.9 Å². The molecular formula is C27H35Cl2N3OS. The van der Waals surface area contributed by atoms with Crippen LogP contribution >= 0.6 is 34.5 Å². The molecule has 3 rings (SSSR count). The van der Waals surface area contributed by atoms with Crippen LogP contribution in [0.5, 0.6) is 0 Å². The molecule has 1 heterocycles. The molecular weight excluding hydrogens is 485 g/mol. The van der Waals surface area contributed by atoms with Gasteiger partial charge in [-0.1, -0.05) is 57.0 Å². The minimum atomic E-state index is -0.0194. The Kier molecular flexibility index (Phi) is 9.85. The Labute approximate surface area is 218 Å². The zero-order valence-electron chi connectivity index (χ0n) is 20.6. The van der Waals surface area contributed by atoms with Gasteiger partial charge in [0.15, 0.2) is 0 Å². The van der Waals surface area contributed by atoms with E-state index in [0.717, 1.165) is 67.7 Å². The Balaban J connectivity index is 1.82. The molecule has 34 heavy (non-hydrogen) atoms. The third kappa shape index (κ3) is 6.55. The number of halogens is 2. The van der Waals surface area contributed by atoms with Crippen LogP contribution in [0.1, 0.15) is 74.9 Å². The number of nitrogens with zero attached hydrogens (tertiary/aromatic N) is 2. The van der Waals surface area contributed by atoms with E-state index in [1.807, 2.05) is 32.0 Å². The number of carbonyl (C=O) groups excluding carboxylic acids is 1. The second kappa shape index (κ2) is 12.4. The molecule has 1 aliphatic carbocycles. The Hall–Kier alpha value is -1.58. The van der Waals surface area contributed by atoms with E-state index < -0.39 is 0 Å². The molecule has 1 aromatic heterocycles.